The molecule has 0 amide bonds. The summed E-state index contributed by atoms with van der Waals surface area (Å²) in [7, 11) is 0. The maximum atomic E-state index is 12.0. The normalized spacial score (nSPS) is 40.3. The van der Waals surface area contributed by atoms with Gasteiger partial charge in [0, 0.05) is 6.42 Å². The number of rotatable bonds is 4. The van der Waals surface area contributed by atoms with Crippen molar-refractivity contribution in [1.82, 2.24) is 0 Å². The molecule has 164 valence electrons. The number of fused-ring (bicyclic) bond motifs is 4. The van der Waals surface area contributed by atoms with Gasteiger partial charge in [0.05, 0.1) is 6.10 Å². The van der Waals surface area contributed by atoms with Gasteiger partial charge >= 0.3 is 0 Å². The summed E-state index contributed by atoms with van der Waals surface area (Å²) in [4.78, 5) is 12.0. The van der Waals surface area contributed by atoms with Gasteiger partial charge in [0.2, 0.25) is 0 Å². The Morgan fingerprint density at radius 1 is 1.07 bits per heavy atom. The Morgan fingerprint density at radius 3 is 2.50 bits per heavy atom. The van der Waals surface area contributed by atoms with E-state index >= 15 is 0 Å². The number of aliphatic hydroxyl groups is 1. The number of allylic oxidation sites excluding steroid dienone is 7. The van der Waals surface area contributed by atoms with Crippen molar-refractivity contribution in [2.24, 2.45) is 40.4 Å². The highest BCUT2D eigenvalue weighted by Gasteiger charge is 2.55. The van der Waals surface area contributed by atoms with E-state index in [4.69, 9.17) is 0 Å². The lowest BCUT2D eigenvalue weighted by Gasteiger charge is -2.51. The fourth-order valence-electron chi connectivity index (χ4n) is 6.93. The van der Waals surface area contributed by atoms with E-state index < -0.39 is 0 Å². The highest BCUT2D eigenvalue weighted by Crippen LogP contribution is 2.63. The van der Waals surface area contributed by atoms with Crippen LogP contribution < -0.4 is 0 Å². The highest BCUT2D eigenvalue weighted by molar-refractivity contribution is 5.92. The largest absolute Gasteiger partial charge is 0.389 e. The molecule has 0 aliphatic heterocycles. The van der Waals surface area contributed by atoms with Crippen molar-refractivity contribution in [1.29, 1.82) is 0 Å². The zero-order valence-corrected chi connectivity index (χ0v) is 19.7. The third-order valence-electron chi connectivity index (χ3n) is 9.37. The monoisotopic (exact) mass is 408 g/mol. The van der Waals surface area contributed by atoms with Crippen LogP contribution in [0.5, 0.6) is 0 Å². The van der Waals surface area contributed by atoms with E-state index in [-0.39, 0.29) is 22.7 Å². The number of aliphatic hydroxyl groups excluding tert-OH is 1. The number of hydrogen-bond donors (Lipinski definition) is 1. The molecule has 0 radical (unpaired) electrons. The SMILES string of the molecule is CC(C)[C@@H](C)/C=C/[C@@H](C)[C@H]1C[C@@H](O)C2=C3C=CC4=CC(=O)CC[C@]4(C)C3CC[C@@]21C. The zero-order valence-electron chi connectivity index (χ0n) is 19.7. The van der Waals surface area contributed by atoms with Gasteiger partial charge in [-0.3, -0.25) is 4.79 Å². The van der Waals surface area contributed by atoms with Crippen LogP contribution in [0.2, 0.25) is 0 Å². The van der Waals surface area contributed by atoms with Gasteiger partial charge in [0.25, 0.3) is 0 Å². The van der Waals surface area contributed by atoms with Crippen molar-refractivity contribution in [3.63, 3.8) is 0 Å². The third kappa shape index (κ3) is 3.30. The molecule has 0 saturated heterocycles. The second-order valence-electron chi connectivity index (χ2n) is 11.4. The van der Waals surface area contributed by atoms with Crippen molar-refractivity contribution < 1.29 is 9.90 Å². The molecule has 4 rings (SSSR count). The van der Waals surface area contributed by atoms with Crippen molar-refractivity contribution in [3.8, 4) is 0 Å². The van der Waals surface area contributed by atoms with Crippen LogP contribution in [0.1, 0.15) is 73.6 Å². The fraction of sp³-hybridized carbons (Fsp3) is 0.679. The summed E-state index contributed by atoms with van der Waals surface area (Å²) >= 11 is 0. The van der Waals surface area contributed by atoms with E-state index in [9.17, 15) is 9.90 Å². The van der Waals surface area contributed by atoms with Crippen LogP contribution in [0.4, 0.5) is 0 Å². The quantitative estimate of drug-likeness (QED) is 0.544. The van der Waals surface area contributed by atoms with Gasteiger partial charge < -0.3 is 5.11 Å². The first-order valence-corrected chi connectivity index (χ1v) is 12.1. The molecule has 0 bridgehead atoms. The molecule has 0 heterocycles. The van der Waals surface area contributed by atoms with Gasteiger partial charge in [0.15, 0.2) is 5.78 Å². The first kappa shape index (κ1) is 21.8. The Morgan fingerprint density at radius 2 is 1.80 bits per heavy atom. The lowest BCUT2D eigenvalue weighted by Crippen LogP contribution is -2.42. The minimum Gasteiger partial charge on any atom is -0.389 e. The maximum Gasteiger partial charge on any atom is 0.156 e. The molecule has 0 aromatic heterocycles. The lowest BCUT2D eigenvalue weighted by molar-refractivity contribution is -0.116. The first-order valence-electron chi connectivity index (χ1n) is 12.1. The van der Waals surface area contributed by atoms with Gasteiger partial charge in [0.1, 0.15) is 0 Å². The first-order chi connectivity index (χ1) is 14.1. The standard InChI is InChI=1S/C28H40O2/c1-17(2)18(3)7-8-19(4)24-16-25(30)26-22-10-9-20-15-21(29)11-13-27(20,5)23(22)12-14-28(24,26)6/h7-10,15,17-19,23-25,30H,11-14,16H2,1-6H3/b8-7+/t18-,19+,23?,24+,25+,27-,28+/m0/s1. The predicted octanol–water partition coefficient (Wildman–Crippen LogP) is 6.43. The fourth-order valence-corrected chi connectivity index (χ4v) is 6.93. The number of ketones is 1. The number of carbonyl (C=O) groups is 1. The van der Waals surface area contributed by atoms with Crippen molar-refractivity contribution >= 4 is 5.78 Å². The van der Waals surface area contributed by atoms with Crippen LogP contribution in [0.25, 0.3) is 0 Å². The summed E-state index contributed by atoms with van der Waals surface area (Å²) < 4.78 is 0. The molecule has 1 saturated carbocycles. The van der Waals surface area contributed by atoms with Crippen molar-refractivity contribution in [2.45, 2.75) is 79.8 Å². The minimum absolute atomic E-state index is 0.0440. The summed E-state index contributed by atoms with van der Waals surface area (Å²) in [6, 6.07) is 0. The van der Waals surface area contributed by atoms with E-state index in [1.807, 2.05) is 6.08 Å². The molecule has 7 atom stereocenters. The topological polar surface area (TPSA) is 37.3 Å². The molecule has 1 unspecified atom stereocenters. The van der Waals surface area contributed by atoms with Gasteiger partial charge in [-0.2, -0.15) is 0 Å². The summed E-state index contributed by atoms with van der Waals surface area (Å²) in [6.45, 7) is 14.0. The Bertz CT molecular complexity index is 841. The number of hydrogen-bond acceptors (Lipinski definition) is 2. The predicted molar refractivity (Wildman–Crippen MR) is 124 cm³/mol. The molecule has 0 aromatic rings. The highest BCUT2D eigenvalue weighted by atomic mass is 16.3. The molecule has 0 aromatic carbocycles. The Balaban J connectivity index is 1.70. The Kier molecular flexibility index (Phi) is 5.54. The van der Waals surface area contributed by atoms with E-state index in [1.54, 1.807) is 0 Å². The molecule has 1 fully saturated rings. The molecule has 30 heavy (non-hydrogen) atoms. The summed E-state index contributed by atoms with van der Waals surface area (Å²) in [5.41, 5.74) is 4.03. The van der Waals surface area contributed by atoms with Crippen LogP contribution in [0, 0.1) is 40.4 Å². The number of carbonyl (C=O) groups excluding carboxylic acids is 1. The Hall–Kier alpha value is -1.41. The molecule has 2 nitrogen and oxygen atoms in total. The average Bonchev–Trinajstić information content (AvgIpc) is 2.97. The zero-order chi connectivity index (χ0) is 21.8. The second kappa shape index (κ2) is 7.62. The average molecular weight is 409 g/mol. The van der Waals surface area contributed by atoms with Crippen LogP contribution >= 0.6 is 0 Å². The van der Waals surface area contributed by atoms with Crippen molar-refractivity contribution in [2.75, 3.05) is 0 Å². The third-order valence-corrected chi connectivity index (χ3v) is 9.37. The summed E-state index contributed by atoms with van der Waals surface area (Å²) in [5.74, 6) is 2.89. The van der Waals surface area contributed by atoms with E-state index in [0.717, 1.165) is 25.7 Å². The summed E-state index contributed by atoms with van der Waals surface area (Å²) in [6.07, 6.45) is 15.5. The molecule has 1 N–H and O–H groups in total. The molecule has 4 aliphatic carbocycles. The van der Waals surface area contributed by atoms with Crippen LogP contribution in [0.15, 0.2) is 47.1 Å². The van der Waals surface area contributed by atoms with Gasteiger partial charge in [-0.1, -0.05) is 65.8 Å². The van der Waals surface area contributed by atoms with E-state index in [1.165, 1.54) is 16.7 Å². The van der Waals surface area contributed by atoms with E-state index in [2.05, 4.69) is 65.8 Å². The van der Waals surface area contributed by atoms with E-state index in [0.29, 0.717) is 36.0 Å². The van der Waals surface area contributed by atoms with Crippen LogP contribution in [0.3, 0.4) is 0 Å². The molecular formula is C28H40O2. The lowest BCUT2D eigenvalue weighted by atomic mass is 9.53. The van der Waals surface area contributed by atoms with Crippen LogP contribution in [-0.2, 0) is 4.79 Å². The van der Waals surface area contributed by atoms with Crippen LogP contribution in [-0.4, -0.2) is 17.0 Å². The minimum atomic E-state index is -0.333. The Labute approximate surface area is 183 Å². The molecular weight excluding hydrogens is 368 g/mol. The van der Waals surface area contributed by atoms with Crippen molar-refractivity contribution in [3.05, 3.63) is 47.1 Å². The second-order valence-corrected chi connectivity index (χ2v) is 11.4. The van der Waals surface area contributed by atoms with Gasteiger partial charge in [-0.05, 0) is 88.9 Å². The molecule has 0 spiro atoms. The smallest absolute Gasteiger partial charge is 0.156 e. The molecule has 4 aliphatic rings. The summed E-state index contributed by atoms with van der Waals surface area (Å²) in [5, 5.41) is 11.3. The maximum absolute atomic E-state index is 12.0. The molecule has 2 heteroatoms. The van der Waals surface area contributed by atoms with Gasteiger partial charge in [-0.15, -0.1) is 0 Å². The van der Waals surface area contributed by atoms with Gasteiger partial charge in [-0.25, -0.2) is 0 Å².